The first-order chi connectivity index (χ1) is 11.1. The first kappa shape index (κ1) is 14.9. The zero-order valence-electron chi connectivity index (χ0n) is 12.4. The smallest absolute Gasteiger partial charge is 0.264 e. The predicted octanol–water partition coefficient (Wildman–Crippen LogP) is 2.39. The number of H-pyrrole nitrogens is 1. The number of nitrogens with one attached hydrogen (secondary N) is 2. The van der Waals surface area contributed by atoms with Gasteiger partial charge < -0.3 is 10.1 Å². The van der Waals surface area contributed by atoms with Crippen LogP contribution in [0.15, 0.2) is 39.6 Å². The van der Waals surface area contributed by atoms with E-state index in [4.69, 9.17) is 0 Å². The molecule has 0 radical (unpaired) electrons. The normalized spacial score (nSPS) is 17.7. The number of para-hydroxylation sites is 1. The van der Waals surface area contributed by atoms with Crippen LogP contribution in [0.3, 0.4) is 0 Å². The Labute approximate surface area is 131 Å². The van der Waals surface area contributed by atoms with E-state index in [1.54, 1.807) is 25.1 Å². The lowest BCUT2D eigenvalue weighted by Gasteiger charge is -2.04. The largest absolute Gasteiger partial charge is 0.493 e. The standard InChI is InChI=1S/C15H15N5O3/c1-8-9(14(22)20-17-8)6-7-12(21)18-19-13-10-4-2-3-5-11(10)16-15(13)23/h2-5,9,16,23H,6-7H2,1H3,(H,20,22). The third kappa shape index (κ3) is 2.96. The molecule has 1 atom stereocenters. The van der Waals surface area contributed by atoms with Gasteiger partial charge in [-0.25, -0.2) is 5.43 Å². The molecule has 2 amide bonds. The van der Waals surface area contributed by atoms with Crippen molar-refractivity contribution in [1.29, 1.82) is 0 Å². The molecule has 1 aliphatic heterocycles. The molecule has 8 heteroatoms. The third-order valence-electron chi connectivity index (χ3n) is 3.73. The van der Waals surface area contributed by atoms with Crippen LogP contribution in [0.2, 0.25) is 0 Å². The van der Waals surface area contributed by atoms with E-state index in [9.17, 15) is 14.7 Å². The van der Waals surface area contributed by atoms with Crippen LogP contribution in [0.1, 0.15) is 19.8 Å². The zero-order valence-corrected chi connectivity index (χ0v) is 12.4. The fourth-order valence-electron chi connectivity index (χ4n) is 2.47. The van der Waals surface area contributed by atoms with Crippen LogP contribution in [0.25, 0.3) is 10.9 Å². The van der Waals surface area contributed by atoms with E-state index in [1.165, 1.54) is 0 Å². The highest BCUT2D eigenvalue weighted by atomic mass is 16.3. The van der Waals surface area contributed by atoms with Crippen LogP contribution in [0.4, 0.5) is 5.69 Å². The third-order valence-corrected chi connectivity index (χ3v) is 3.73. The van der Waals surface area contributed by atoms with Gasteiger partial charge in [0.25, 0.3) is 5.91 Å². The summed E-state index contributed by atoms with van der Waals surface area (Å²) in [6.07, 6.45) is 0.413. The van der Waals surface area contributed by atoms with E-state index in [0.717, 1.165) is 0 Å². The first-order valence-corrected chi connectivity index (χ1v) is 7.14. The number of benzene rings is 1. The highest BCUT2D eigenvalue weighted by Crippen LogP contribution is 2.35. The number of nitrogens with zero attached hydrogens (tertiary/aromatic N) is 3. The highest BCUT2D eigenvalue weighted by Gasteiger charge is 2.27. The quantitative estimate of drug-likeness (QED) is 0.752. The second-order valence-corrected chi connectivity index (χ2v) is 5.28. The van der Waals surface area contributed by atoms with Crippen LogP contribution in [-0.4, -0.2) is 27.6 Å². The van der Waals surface area contributed by atoms with Gasteiger partial charge in [0.05, 0.1) is 11.4 Å². The maximum Gasteiger partial charge on any atom is 0.264 e. The molecule has 1 aromatic heterocycles. The summed E-state index contributed by atoms with van der Waals surface area (Å²) in [5.41, 5.74) is 3.97. The van der Waals surface area contributed by atoms with Crippen LogP contribution in [-0.2, 0) is 9.59 Å². The highest BCUT2D eigenvalue weighted by molar-refractivity contribution is 6.07. The Kier molecular flexibility index (Phi) is 3.88. The molecule has 0 aliphatic carbocycles. The maximum absolute atomic E-state index is 11.8. The van der Waals surface area contributed by atoms with Gasteiger partial charge in [-0.05, 0) is 19.4 Å². The lowest BCUT2D eigenvalue weighted by atomic mass is 9.99. The maximum atomic E-state index is 11.8. The van der Waals surface area contributed by atoms with Gasteiger partial charge in [-0.1, -0.05) is 18.2 Å². The van der Waals surface area contributed by atoms with Crippen molar-refractivity contribution in [3.05, 3.63) is 24.3 Å². The number of aromatic amines is 1. The molecule has 0 fully saturated rings. The van der Waals surface area contributed by atoms with Crippen LogP contribution in [0, 0.1) is 5.92 Å². The lowest BCUT2D eigenvalue weighted by molar-refractivity contribution is -0.122. The van der Waals surface area contributed by atoms with Gasteiger partial charge in [-0.15, -0.1) is 10.2 Å². The predicted molar refractivity (Wildman–Crippen MR) is 83.5 cm³/mol. The van der Waals surface area contributed by atoms with E-state index in [0.29, 0.717) is 23.0 Å². The van der Waals surface area contributed by atoms with Crippen molar-refractivity contribution in [1.82, 2.24) is 10.4 Å². The molecule has 0 bridgehead atoms. The summed E-state index contributed by atoms with van der Waals surface area (Å²) >= 11 is 0. The minimum absolute atomic E-state index is 0.0809. The van der Waals surface area contributed by atoms with Crippen molar-refractivity contribution in [3.63, 3.8) is 0 Å². The molecule has 1 aromatic carbocycles. The van der Waals surface area contributed by atoms with Gasteiger partial charge in [-0.3, -0.25) is 9.59 Å². The monoisotopic (exact) mass is 313 g/mol. The second kappa shape index (κ2) is 5.99. The Morgan fingerprint density at radius 3 is 2.91 bits per heavy atom. The number of hydrogen-bond acceptors (Lipinski definition) is 5. The number of carbonyl (C=O) groups excluding carboxylic acids is 2. The molecule has 8 nitrogen and oxygen atoms in total. The Bertz CT molecular complexity index is 837. The molecular formula is C15H15N5O3. The van der Waals surface area contributed by atoms with Gasteiger partial charge in [0.1, 0.15) is 0 Å². The molecule has 118 valence electrons. The van der Waals surface area contributed by atoms with E-state index >= 15 is 0 Å². The number of aromatic nitrogens is 1. The first-order valence-electron chi connectivity index (χ1n) is 7.14. The summed E-state index contributed by atoms with van der Waals surface area (Å²) < 4.78 is 0. The van der Waals surface area contributed by atoms with Gasteiger partial charge in [0, 0.05) is 17.5 Å². The molecule has 2 aromatic rings. The molecule has 0 saturated heterocycles. The number of fused-ring (bicyclic) bond motifs is 1. The van der Waals surface area contributed by atoms with Crippen molar-refractivity contribution in [3.8, 4) is 5.88 Å². The Hall–Kier alpha value is -3.03. The number of amides is 2. The van der Waals surface area contributed by atoms with Crippen molar-refractivity contribution in [2.75, 3.05) is 0 Å². The van der Waals surface area contributed by atoms with Gasteiger partial charge in [0.2, 0.25) is 11.8 Å². The number of hydrogen-bond donors (Lipinski definition) is 3. The second-order valence-electron chi connectivity index (χ2n) is 5.28. The Morgan fingerprint density at radius 2 is 2.17 bits per heavy atom. The number of aromatic hydroxyl groups is 1. The number of hydrazone groups is 1. The molecule has 23 heavy (non-hydrogen) atoms. The Balaban J connectivity index is 1.67. The van der Waals surface area contributed by atoms with E-state index in [1.807, 2.05) is 6.07 Å². The van der Waals surface area contributed by atoms with Crippen LogP contribution < -0.4 is 5.43 Å². The molecule has 0 saturated carbocycles. The van der Waals surface area contributed by atoms with Gasteiger partial charge in [0.15, 0.2) is 5.69 Å². The molecule has 1 aliphatic rings. The van der Waals surface area contributed by atoms with Gasteiger partial charge >= 0.3 is 0 Å². The SMILES string of the molecule is CC1=NNC(=O)C1CCC(=O)N=Nc1c(O)[nH]c2ccccc12. The minimum atomic E-state index is -0.456. The molecular weight excluding hydrogens is 298 g/mol. The van der Waals surface area contributed by atoms with E-state index in [2.05, 4.69) is 25.7 Å². The summed E-state index contributed by atoms with van der Waals surface area (Å²) in [5, 5.41) is 21.8. The van der Waals surface area contributed by atoms with Crippen molar-refractivity contribution in [2.24, 2.45) is 21.2 Å². The number of rotatable bonds is 4. The van der Waals surface area contributed by atoms with Crippen molar-refractivity contribution in [2.45, 2.75) is 19.8 Å². The van der Waals surface area contributed by atoms with Gasteiger partial charge in [-0.2, -0.15) is 5.10 Å². The molecule has 3 rings (SSSR count). The number of azo groups is 1. The number of carbonyl (C=O) groups is 2. The summed E-state index contributed by atoms with van der Waals surface area (Å²) in [7, 11) is 0. The summed E-state index contributed by atoms with van der Waals surface area (Å²) in [5.74, 6) is -1.19. The summed E-state index contributed by atoms with van der Waals surface area (Å²) in [4.78, 5) is 26.1. The average molecular weight is 313 g/mol. The lowest BCUT2D eigenvalue weighted by Crippen LogP contribution is -2.22. The van der Waals surface area contributed by atoms with Crippen molar-refractivity contribution < 1.29 is 14.7 Å². The van der Waals surface area contributed by atoms with Crippen LogP contribution in [0.5, 0.6) is 5.88 Å². The van der Waals surface area contributed by atoms with E-state index in [-0.39, 0.29) is 23.9 Å². The van der Waals surface area contributed by atoms with E-state index < -0.39 is 11.8 Å². The average Bonchev–Trinajstić information content (AvgIpc) is 3.02. The fraction of sp³-hybridized carbons (Fsp3) is 0.267. The Morgan fingerprint density at radius 1 is 1.39 bits per heavy atom. The fourth-order valence-corrected chi connectivity index (χ4v) is 2.47. The summed E-state index contributed by atoms with van der Waals surface area (Å²) in [6, 6.07) is 7.18. The molecule has 3 N–H and O–H groups in total. The molecule has 0 spiro atoms. The topological polar surface area (TPSA) is 119 Å². The molecule has 2 heterocycles. The van der Waals surface area contributed by atoms with Crippen molar-refractivity contribution >= 4 is 34.1 Å². The molecule has 1 unspecified atom stereocenters. The van der Waals surface area contributed by atoms with Crippen LogP contribution >= 0.6 is 0 Å². The summed E-state index contributed by atoms with van der Waals surface area (Å²) in [6.45, 7) is 1.73. The zero-order chi connectivity index (χ0) is 16.4. The minimum Gasteiger partial charge on any atom is -0.493 e.